The minimum atomic E-state index is -0.308. The van der Waals surface area contributed by atoms with E-state index in [2.05, 4.69) is 10.6 Å². The Balaban J connectivity index is 0.00000243. The second-order valence-electron chi connectivity index (χ2n) is 6.54. The number of rotatable bonds is 5. The first-order chi connectivity index (χ1) is 12.1. The molecule has 0 aromatic heterocycles. The van der Waals surface area contributed by atoms with Crippen molar-refractivity contribution in [2.75, 3.05) is 25.5 Å². The van der Waals surface area contributed by atoms with Crippen molar-refractivity contribution in [1.29, 1.82) is 0 Å². The van der Waals surface area contributed by atoms with Crippen LogP contribution in [-0.4, -0.2) is 26.1 Å². The summed E-state index contributed by atoms with van der Waals surface area (Å²) in [5, 5.41) is 6.31. The Morgan fingerprint density at radius 2 is 1.65 bits per heavy atom. The number of halogens is 1. The van der Waals surface area contributed by atoms with E-state index in [-0.39, 0.29) is 23.7 Å². The van der Waals surface area contributed by atoms with E-state index in [1.54, 1.807) is 7.11 Å². The molecule has 1 fully saturated rings. The molecular weight excluding hydrogens is 352 g/mol. The SMILES string of the molecule is COc1ccccc1Oc1ccc(NC(=O)C2(C)CCNCC2)cc1.Cl. The van der Waals surface area contributed by atoms with Crippen molar-refractivity contribution in [3.05, 3.63) is 48.5 Å². The fourth-order valence-electron chi connectivity index (χ4n) is 2.92. The van der Waals surface area contributed by atoms with Crippen molar-refractivity contribution in [2.24, 2.45) is 5.41 Å². The van der Waals surface area contributed by atoms with Gasteiger partial charge in [0.25, 0.3) is 0 Å². The summed E-state index contributed by atoms with van der Waals surface area (Å²) in [5.74, 6) is 2.10. The van der Waals surface area contributed by atoms with Gasteiger partial charge >= 0.3 is 0 Å². The summed E-state index contributed by atoms with van der Waals surface area (Å²) in [6.45, 7) is 3.80. The molecule has 2 aromatic rings. The zero-order valence-corrected chi connectivity index (χ0v) is 15.9. The molecule has 6 heteroatoms. The van der Waals surface area contributed by atoms with Crippen molar-refractivity contribution in [3.63, 3.8) is 0 Å². The number of carbonyl (C=O) groups is 1. The maximum absolute atomic E-state index is 12.6. The number of amides is 1. The van der Waals surface area contributed by atoms with Crippen LogP contribution in [0.2, 0.25) is 0 Å². The normalized spacial score (nSPS) is 15.5. The molecule has 1 saturated heterocycles. The summed E-state index contributed by atoms with van der Waals surface area (Å²) >= 11 is 0. The summed E-state index contributed by atoms with van der Waals surface area (Å²) in [6.07, 6.45) is 1.71. The molecule has 0 bridgehead atoms. The quantitative estimate of drug-likeness (QED) is 0.819. The number of para-hydroxylation sites is 2. The number of hydrogen-bond donors (Lipinski definition) is 2. The molecule has 26 heavy (non-hydrogen) atoms. The first-order valence-electron chi connectivity index (χ1n) is 8.54. The van der Waals surface area contributed by atoms with Gasteiger partial charge in [0.1, 0.15) is 5.75 Å². The van der Waals surface area contributed by atoms with Crippen molar-refractivity contribution in [2.45, 2.75) is 19.8 Å². The molecule has 2 aromatic carbocycles. The second-order valence-corrected chi connectivity index (χ2v) is 6.54. The third-order valence-corrected chi connectivity index (χ3v) is 4.66. The van der Waals surface area contributed by atoms with Crippen LogP contribution in [0.25, 0.3) is 0 Å². The predicted octanol–water partition coefficient (Wildman–Crippen LogP) is 4.24. The van der Waals surface area contributed by atoms with E-state index >= 15 is 0 Å². The molecule has 0 aliphatic carbocycles. The van der Waals surface area contributed by atoms with Crippen LogP contribution < -0.4 is 20.1 Å². The van der Waals surface area contributed by atoms with Gasteiger partial charge in [0.05, 0.1) is 7.11 Å². The number of methoxy groups -OCH3 is 1. The lowest BCUT2D eigenvalue weighted by Gasteiger charge is -2.32. The molecule has 5 nitrogen and oxygen atoms in total. The number of hydrogen-bond acceptors (Lipinski definition) is 4. The first-order valence-corrected chi connectivity index (χ1v) is 8.54. The lowest BCUT2D eigenvalue weighted by atomic mass is 9.80. The smallest absolute Gasteiger partial charge is 0.230 e. The minimum Gasteiger partial charge on any atom is -0.493 e. The van der Waals surface area contributed by atoms with Crippen LogP contribution in [0.5, 0.6) is 17.2 Å². The van der Waals surface area contributed by atoms with Crippen molar-refractivity contribution in [1.82, 2.24) is 5.32 Å². The summed E-state index contributed by atoms with van der Waals surface area (Å²) in [6, 6.07) is 14.9. The van der Waals surface area contributed by atoms with Gasteiger partial charge in [0.15, 0.2) is 11.5 Å². The van der Waals surface area contributed by atoms with E-state index in [1.165, 1.54) is 0 Å². The molecule has 1 aliphatic rings. The molecule has 0 atom stereocenters. The van der Waals surface area contributed by atoms with Gasteiger partial charge in [0.2, 0.25) is 5.91 Å². The highest BCUT2D eigenvalue weighted by atomic mass is 35.5. The predicted molar refractivity (Wildman–Crippen MR) is 106 cm³/mol. The van der Waals surface area contributed by atoms with Crippen molar-refractivity contribution in [3.8, 4) is 17.2 Å². The molecular formula is C20H25ClN2O3. The van der Waals surface area contributed by atoms with Crippen molar-refractivity contribution < 1.29 is 14.3 Å². The Labute approximate surface area is 160 Å². The largest absolute Gasteiger partial charge is 0.493 e. The fourth-order valence-corrected chi connectivity index (χ4v) is 2.92. The number of carbonyl (C=O) groups excluding carboxylic acids is 1. The Kier molecular flexibility index (Phi) is 6.89. The lowest BCUT2D eigenvalue weighted by molar-refractivity contribution is -0.126. The van der Waals surface area contributed by atoms with Crippen LogP contribution >= 0.6 is 12.4 Å². The molecule has 0 unspecified atom stereocenters. The van der Waals surface area contributed by atoms with Gasteiger partial charge < -0.3 is 20.1 Å². The van der Waals surface area contributed by atoms with Crippen LogP contribution in [-0.2, 0) is 4.79 Å². The molecule has 3 rings (SSSR count). The minimum absolute atomic E-state index is 0. The second kappa shape index (κ2) is 8.92. The van der Waals surface area contributed by atoms with E-state index in [9.17, 15) is 4.79 Å². The average molecular weight is 377 g/mol. The maximum Gasteiger partial charge on any atom is 0.230 e. The van der Waals surface area contributed by atoms with Gasteiger partial charge in [0, 0.05) is 11.1 Å². The van der Waals surface area contributed by atoms with Gasteiger partial charge in [-0.2, -0.15) is 0 Å². The Bertz CT molecular complexity index is 728. The van der Waals surface area contributed by atoms with Gasteiger partial charge in [-0.15, -0.1) is 12.4 Å². The van der Waals surface area contributed by atoms with Gasteiger partial charge in [-0.3, -0.25) is 4.79 Å². The molecule has 0 saturated carbocycles. The summed E-state index contributed by atoms with van der Waals surface area (Å²) in [4.78, 5) is 12.6. The number of ether oxygens (including phenoxy) is 2. The van der Waals surface area contributed by atoms with Crippen LogP contribution in [0.15, 0.2) is 48.5 Å². The van der Waals surface area contributed by atoms with Crippen molar-refractivity contribution >= 4 is 24.0 Å². The fraction of sp³-hybridized carbons (Fsp3) is 0.350. The van der Waals surface area contributed by atoms with Gasteiger partial charge in [-0.05, 0) is 62.3 Å². The summed E-state index contributed by atoms with van der Waals surface area (Å²) in [5.41, 5.74) is 0.467. The number of anilines is 1. The molecule has 0 spiro atoms. The van der Waals surface area contributed by atoms with E-state index in [1.807, 2.05) is 55.5 Å². The van der Waals surface area contributed by atoms with Crippen LogP contribution in [0.1, 0.15) is 19.8 Å². The van der Waals surface area contributed by atoms with Gasteiger partial charge in [-0.1, -0.05) is 19.1 Å². The zero-order chi connectivity index (χ0) is 17.7. The topological polar surface area (TPSA) is 59.6 Å². The molecule has 140 valence electrons. The summed E-state index contributed by atoms with van der Waals surface area (Å²) in [7, 11) is 1.61. The van der Waals surface area contributed by atoms with Crippen LogP contribution in [0.4, 0.5) is 5.69 Å². The van der Waals surface area contributed by atoms with E-state index in [4.69, 9.17) is 9.47 Å². The number of benzene rings is 2. The third kappa shape index (κ3) is 4.68. The highest BCUT2D eigenvalue weighted by molar-refractivity contribution is 5.95. The average Bonchev–Trinajstić information content (AvgIpc) is 2.64. The van der Waals surface area contributed by atoms with E-state index < -0.39 is 0 Å². The monoisotopic (exact) mass is 376 g/mol. The maximum atomic E-state index is 12.6. The molecule has 1 amide bonds. The molecule has 1 aliphatic heterocycles. The Morgan fingerprint density at radius 3 is 2.27 bits per heavy atom. The highest BCUT2D eigenvalue weighted by Gasteiger charge is 2.34. The molecule has 1 heterocycles. The molecule has 2 N–H and O–H groups in total. The number of nitrogens with one attached hydrogen (secondary N) is 2. The highest BCUT2D eigenvalue weighted by Crippen LogP contribution is 2.32. The van der Waals surface area contributed by atoms with E-state index in [0.717, 1.165) is 31.6 Å². The zero-order valence-electron chi connectivity index (χ0n) is 15.1. The number of piperidine rings is 1. The van der Waals surface area contributed by atoms with Crippen LogP contribution in [0, 0.1) is 5.41 Å². The Hall–Kier alpha value is -2.24. The van der Waals surface area contributed by atoms with E-state index in [0.29, 0.717) is 17.2 Å². The lowest BCUT2D eigenvalue weighted by Crippen LogP contribution is -2.42. The first kappa shape index (κ1) is 20.1. The summed E-state index contributed by atoms with van der Waals surface area (Å²) < 4.78 is 11.1. The third-order valence-electron chi connectivity index (χ3n) is 4.66. The van der Waals surface area contributed by atoms with Crippen LogP contribution in [0.3, 0.4) is 0 Å². The Morgan fingerprint density at radius 1 is 1.04 bits per heavy atom. The molecule has 0 radical (unpaired) electrons. The standard InChI is InChI=1S/C20H24N2O3.ClH/c1-20(11-13-21-14-12-20)19(23)22-15-7-9-16(10-8-15)25-18-6-4-3-5-17(18)24-2;/h3-10,21H,11-14H2,1-2H3,(H,22,23);1H. The van der Waals surface area contributed by atoms with Gasteiger partial charge in [-0.25, -0.2) is 0 Å².